The van der Waals surface area contributed by atoms with Gasteiger partial charge < -0.3 is 19.7 Å². The number of aryl methyl sites for hydroxylation is 1. The van der Waals surface area contributed by atoms with Crippen molar-refractivity contribution in [2.45, 2.75) is 13.3 Å². The molecule has 0 atom stereocenters. The van der Waals surface area contributed by atoms with E-state index in [1.165, 1.54) is 4.90 Å². The van der Waals surface area contributed by atoms with Crippen molar-refractivity contribution in [3.63, 3.8) is 0 Å². The number of anilines is 2. The molecule has 0 fully saturated rings. The molecular formula is C20H19ClN2O5. The number of fused-ring (bicyclic) bond motifs is 1. The van der Waals surface area contributed by atoms with Gasteiger partial charge in [-0.05, 0) is 36.8 Å². The Morgan fingerprint density at radius 2 is 2.04 bits per heavy atom. The molecule has 0 bridgehead atoms. The van der Waals surface area contributed by atoms with Crippen LogP contribution in [0, 0.1) is 6.92 Å². The molecule has 3 rings (SSSR count). The van der Waals surface area contributed by atoms with Crippen molar-refractivity contribution in [3.8, 4) is 5.75 Å². The molecule has 1 N–H and O–H groups in total. The van der Waals surface area contributed by atoms with E-state index in [0.29, 0.717) is 22.1 Å². The Bertz CT molecular complexity index is 915. The van der Waals surface area contributed by atoms with Crippen LogP contribution in [0.2, 0.25) is 5.02 Å². The molecule has 1 heterocycles. The quantitative estimate of drug-likeness (QED) is 0.751. The molecule has 146 valence electrons. The minimum Gasteiger partial charge on any atom is -0.482 e. The maximum atomic E-state index is 12.1. The number of carbonyl (C=O) groups is 3. The second kappa shape index (κ2) is 8.75. The summed E-state index contributed by atoms with van der Waals surface area (Å²) in [4.78, 5) is 37.5. The highest BCUT2D eigenvalue weighted by molar-refractivity contribution is 6.31. The first-order valence-electron chi connectivity index (χ1n) is 8.68. The van der Waals surface area contributed by atoms with Crippen LogP contribution in [0.5, 0.6) is 5.75 Å². The van der Waals surface area contributed by atoms with E-state index in [1.54, 1.807) is 42.5 Å². The molecule has 2 aromatic rings. The Morgan fingerprint density at radius 3 is 2.86 bits per heavy atom. The average molecular weight is 403 g/mol. The third-order valence-electron chi connectivity index (χ3n) is 4.19. The van der Waals surface area contributed by atoms with Gasteiger partial charge in [0, 0.05) is 17.3 Å². The van der Waals surface area contributed by atoms with Gasteiger partial charge in [0.05, 0.1) is 12.1 Å². The molecule has 0 saturated carbocycles. The van der Waals surface area contributed by atoms with E-state index in [0.717, 1.165) is 5.56 Å². The van der Waals surface area contributed by atoms with Gasteiger partial charge in [0.25, 0.3) is 11.8 Å². The first-order valence-corrected chi connectivity index (χ1v) is 9.05. The number of hydrogen-bond acceptors (Lipinski definition) is 5. The summed E-state index contributed by atoms with van der Waals surface area (Å²) < 4.78 is 10.4. The van der Waals surface area contributed by atoms with E-state index in [1.807, 2.05) is 6.92 Å². The molecule has 0 saturated heterocycles. The number of rotatable bonds is 6. The fourth-order valence-electron chi connectivity index (χ4n) is 2.74. The van der Waals surface area contributed by atoms with Crippen LogP contribution >= 0.6 is 11.6 Å². The summed E-state index contributed by atoms with van der Waals surface area (Å²) in [6.45, 7) is 1.48. The van der Waals surface area contributed by atoms with E-state index in [2.05, 4.69) is 5.32 Å². The van der Waals surface area contributed by atoms with Crippen molar-refractivity contribution in [1.82, 2.24) is 0 Å². The fourth-order valence-corrected chi connectivity index (χ4v) is 2.91. The number of nitrogens with zero attached hydrogens (tertiary/aromatic N) is 1. The van der Waals surface area contributed by atoms with Gasteiger partial charge in [-0.3, -0.25) is 14.4 Å². The molecule has 0 radical (unpaired) electrons. The summed E-state index contributed by atoms with van der Waals surface area (Å²) >= 11 is 5.91. The summed E-state index contributed by atoms with van der Waals surface area (Å²) in [6, 6.07) is 12.2. The highest BCUT2D eigenvalue weighted by Gasteiger charge is 2.25. The van der Waals surface area contributed by atoms with Crippen LogP contribution in [0.1, 0.15) is 12.0 Å². The zero-order chi connectivity index (χ0) is 20.1. The van der Waals surface area contributed by atoms with Gasteiger partial charge in [-0.2, -0.15) is 0 Å². The molecule has 1 aliphatic rings. The van der Waals surface area contributed by atoms with E-state index >= 15 is 0 Å². The third-order valence-corrected chi connectivity index (χ3v) is 4.42. The maximum Gasteiger partial charge on any atom is 0.308 e. The molecule has 28 heavy (non-hydrogen) atoms. The topological polar surface area (TPSA) is 84.9 Å². The van der Waals surface area contributed by atoms with Crippen LogP contribution in [0.4, 0.5) is 11.4 Å². The van der Waals surface area contributed by atoms with E-state index in [4.69, 9.17) is 21.1 Å². The Kier molecular flexibility index (Phi) is 6.16. The van der Waals surface area contributed by atoms with Gasteiger partial charge in [0.15, 0.2) is 13.2 Å². The number of amides is 2. The van der Waals surface area contributed by atoms with Crippen LogP contribution in [0.3, 0.4) is 0 Å². The van der Waals surface area contributed by atoms with Crippen LogP contribution in [0.25, 0.3) is 0 Å². The van der Waals surface area contributed by atoms with Gasteiger partial charge in [-0.1, -0.05) is 29.8 Å². The average Bonchev–Trinajstić information content (AvgIpc) is 2.68. The van der Waals surface area contributed by atoms with E-state index in [-0.39, 0.29) is 25.5 Å². The summed E-state index contributed by atoms with van der Waals surface area (Å²) in [5, 5.41) is 3.14. The monoisotopic (exact) mass is 402 g/mol. The van der Waals surface area contributed by atoms with E-state index in [9.17, 15) is 14.4 Å². The summed E-state index contributed by atoms with van der Waals surface area (Å²) in [6.07, 6.45) is -0.0381. The SMILES string of the molecule is Cc1ccc(Cl)cc1NC(=O)COC(=O)CCN1C(=O)COc2ccccc21. The number of para-hydroxylation sites is 2. The maximum absolute atomic E-state index is 12.1. The number of nitrogens with one attached hydrogen (secondary N) is 1. The van der Waals surface area contributed by atoms with Gasteiger partial charge in [0.1, 0.15) is 5.75 Å². The van der Waals surface area contributed by atoms with Crippen LogP contribution < -0.4 is 15.0 Å². The van der Waals surface area contributed by atoms with Crippen molar-refractivity contribution in [2.75, 3.05) is 30.0 Å². The predicted molar refractivity (Wildman–Crippen MR) is 105 cm³/mol. The first-order chi connectivity index (χ1) is 13.4. The Morgan fingerprint density at radius 1 is 1.25 bits per heavy atom. The highest BCUT2D eigenvalue weighted by Crippen LogP contribution is 2.31. The zero-order valence-electron chi connectivity index (χ0n) is 15.2. The number of esters is 1. The van der Waals surface area contributed by atoms with Crippen molar-refractivity contribution in [1.29, 1.82) is 0 Å². The number of halogens is 1. The lowest BCUT2D eigenvalue weighted by Crippen LogP contribution is -2.40. The number of ether oxygens (including phenoxy) is 2. The summed E-state index contributed by atoms with van der Waals surface area (Å²) in [7, 11) is 0. The van der Waals surface area contributed by atoms with Crippen molar-refractivity contribution < 1.29 is 23.9 Å². The summed E-state index contributed by atoms with van der Waals surface area (Å²) in [5.41, 5.74) is 2.01. The highest BCUT2D eigenvalue weighted by atomic mass is 35.5. The molecule has 0 aliphatic carbocycles. The lowest BCUT2D eigenvalue weighted by molar-refractivity contribution is -0.147. The molecule has 7 nitrogen and oxygen atoms in total. The Balaban J connectivity index is 1.49. The van der Waals surface area contributed by atoms with Gasteiger partial charge in [-0.25, -0.2) is 0 Å². The molecule has 1 aliphatic heterocycles. The molecule has 8 heteroatoms. The lowest BCUT2D eigenvalue weighted by Gasteiger charge is -2.28. The molecule has 2 amide bonds. The van der Waals surface area contributed by atoms with Crippen molar-refractivity contribution in [2.24, 2.45) is 0 Å². The standard InChI is InChI=1S/C20H19ClN2O5/c1-13-6-7-14(21)10-15(13)22-18(24)11-28-20(26)8-9-23-16-4-2-3-5-17(16)27-12-19(23)25/h2-7,10H,8-9,11-12H2,1H3,(H,22,24). The second-order valence-corrected chi connectivity index (χ2v) is 6.66. The Labute approximate surface area is 167 Å². The molecule has 2 aromatic carbocycles. The number of benzene rings is 2. The minimum atomic E-state index is -0.574. The largest absolute Gasteiger partial charge is 0.482 e. The number of hydrogen-bond donors (Lipinski definition) is 1. The fraction of sp³-hybridized carbons (Fsp3) is 0.250. The normalized spacial score (nSPS) is 12.8. The zero-order valence-corrected chi connectivity index (χ0v) is 16.0. The molecule has 0 spiro atoms. The predicted octanol–water partition coefficient (Wildman–Crippen LogP) is 2.95. The van der Waals surface area contributed by atoms with Crippen LogP contribution in [-0.2, 0) is 19.1 Å². The Hall–Kier alpha value is -3.06. The summed E-state index contributed by atoms with van der Waals surface area (Å²) in [5.74, 6) is -0.686. The van der Waals surface area contributed by atoms with Crippen molar-refractivity contribution in [3.05, 3.63) is 53.1 Å². The van der Waals surface area contributed by atoms with Crippen LogP contribution in [0.15, 0.2) is 42.5 Å². The van der Waals surface area contributed by atoms with Gasteiger partial charge >= 0.3 is 5.97 Å². The minimum absolute atomic E-state index is 0.0381. The molecule has 0 unspecified atom stereocenters. The van der Waals surface area contributed by atoms with Crippen molar-refractivity contribution >= 4 is 40.8 Å². The van der Waals surface area contributed by atoms with Gasteiger partial charge in [0.2, 0.25) is 0 Å². The molecular weight excluding hydrogens is 384 g/mol. The van der Waals surface area contributed by atoms with Crippen LogP contribution in [-0.4, -0.2) is 37.5 Å². The molecule has 0 aromatic heterocycles. The van der Waals surface area contributed by atoms with Gasteiger partial charge in [-0.15, -0.1) is 0 Å². The third kappa shape index (κ3) is 4.80. The number of carbonyl (C=O) groups excluding carboxylic acids is 3. The van der Waals surface area contributed by atoms with E-state index < -0.39 is 18.5 Å². The smallest absolute Gasteiger partial charge is 0.308 e. The second-order valence-electron chi connectivity index (χ2n) is 6.22. The first kappa shape index (κ1) is 19.7. The lowest BCUT2D eigenvalue weighted by atomic mass is 10.2.